The molecule has 0 aliphatic carbocycles. The Kier molecular flexibility index (Phi) is 7.20. The molecule has 5 nitrogen and oxygen atoms in total. The van der Waals surface area contributed by atoms with Crippen LogP contribution in [0.1, 0.15) is 32.3 Å². The highest BCUT2D eigenvalue weighted by molar-refractivity contribution is 7.89. The summed E-state index contributed by atoms with van der Waals surface area (Å²) in [7, 11) is -3.80. The predicted octanol–water partition coefficient (Wildman–Crippen LogP) is 3.99. The molecule has 0 spiro atoms. The third-order valence-electron chi connectivity index (χ3n) is 3.89. The summed E-state index contributed by atoms with van der Waals surface area (Å²) in [6, 6.07) is 12.4. The first-order valence-electron chi connectivity index (χ1n) is 8.49. The summed E-state index contributed by atoms with van der Waals surface area (Å²) < 4.78 is 27.0. The van der Waals surface area contributed by atoms with Crippen molar-refractivity contribution in [2.24, 2.45) is 0 Å². The first kappa shape index (κ1) is 20.4. The number of amides is 1. The van der Waals surface area contributed by atoms with Crippen LogP contribution in [-0.4, -0.2) is 20.4 Å². The molecule has 0 saturated carbocycles. The van der Waals surface area contributed by atoms with E-state index >= 15 is 0 Å². The molecule has 1 atom stereocenters. The maximum atomic E-state index is 12.3. The number of rotatable bonds is 8. The molecular weight excluding hydrogens is 372 g/mol. The smallest absolute Gasteiger partial charge is 0.242 e. The van der Waals surface area contributed by atoms with E-state index in [9.17, 15) is 13.2 Å². The highest BCUT2D eigenvalue weighted by atomic mass is 35.5. The lowest BCUT2D eigenvalue weighted by Gasteiger charge is -2.15. The van der Waals surface area contributed by atoms with E-state index in [4.69, 9.17) is 11.6 Å². The van der Waals surface area contributed by atoms with Crippen LogP contribution in [0.15, 0.2) is 53.4 Å². The molecule has 2 aromatic carbocycles. The van der Waals surface area contributed by atoms with Gasteiger partial charge in [-0.2, -0.15) is 4.72 Å². The van der Waals surface area contributed by atoms with Crippen LogP contribution in [0.2, 0.25) is 5.02 Å². The lowest BCUT2D eigenvalue weighted by Crippen LogP contribution is -2.41. The maximum Gasteiger partial charge on any atom is 0.242 e. The Morgan fingerprint density at radius 1 is 1.08 bits per heavy atom. The fraction of sp³-hybridized carbons (Fsp3) is 0.316. The van der Waals surface area contributed by atoms with Gasteiger partial charge in [-0.3, -0.25) is 4.79 Å². The van der Waals surface area contributed by atoms with E-state index in [1.165, 1.54) is 36.8 Å². The van der Waals surface area contributed by atoms with Gasteiger partial charge in [0.25, 0.3) is 0 Å². The minimum Gasteiger partial charge on any atom is -0.325 e. The zero-order valence-corrected chi connectivity index (χ0v) is 16.4. The normalized spacial score (nSPS) is 12.6. The summed E-state index contributed by atoms with van der Waals surface area (Å²) in [6.07, 6.45) is 3.25. The summed E-state index contributed by atoms with van der Waals surface area (Å²) in [5, 5.41) is 3.16. The van der Waals surface area contributed by atoms with Crippen molar-refractivity contribution in [3.63, 3.8) is 0 Å². The molecule has 7 heteroatoms. The van der Waals surface area contributed by atoms with Gasteiger partial charge in [-0.15, -0.1) is 0 Å². The number of unbranched alkanes of at least 4 members (excludes halogenated alkanes) is 1. The van der Waals surface area contributed by atoms with Crippen LogP contribution in [0.4, 0.5) is 5.69 Å². The van der Waals surface area contributed by atoms with E-state index < -0.39 is 22.0 Å². The van der Waals surface area contributed by atoms with Gasteiger partial charge < -0.3 is 5.32 Å². The third-order valence-corrected chi connectivity index (χ3v) is 5.70. The third kappa shape index (κ3) is 5.83. The van der Waals surface area contributed by atoms with Gasteiger partial charge in [-0.25, -0.2) is 8.42 Å². The molecule has 140 valence electrons. The number of carbonyl (C=O) groups excluding carboxylic acids is 1. The summed E-state index contributed by atoms with van der Waals surface area (Å²) in [4.78, 5) is 12.3. The molecule has 0 aliphatic rings. The monoisotopic (exact) mass is 394 g/mol. The number of carbonyl (C=O) groups is 1. The molecule has 0 aliphatic heterocycles. The zero-order valence-electron chi connectivity index (χ0n) is 14.8. The van der Waals surface area contributed by atoms with E-state index in [2.05, 4.69) is 17.0 Å². The number of halogens is 1. The summed E-state index contributed by atoms with van der Waals surface area (Å²) >= 11 is 5.77. The van der Waals surface area contributed by atoms with Crippen LogP contribution in [0, 0.1) is 0 Å². The second-order valence-electron chi connectivity index (χ2n) is 6.09. The Morgan fingerprint density at radius 2 is 1.69 bits per heavy atom. The average Bonchev–Trinajstić information content (AvgIpc) is 2.61. The number of sulfonamides is 1. The van der Waals surface area contributed by atoms with E-state index in [-0.39, 0.29) is 4.90 Å². The molecule has 2 rings (SSSR count). The Morgan fingerprint density at radius 3 is 2.27 bits per heavy atom. The number of hydrogen-bond acceptors (Lipinski definition) is 3. The van der Waals surface area contributed by atoms with Crippen LogP contribution >= 0.6 is 11.6 Å². The first-order chi connectivity index (χ1) is 12.3. The lowest BCUT2D eigenvalue weighted by molar-refractivity contribution is -0.117. The fourth-order valence-electron chi connectivity index (χ4n) is 2.35. The van der Waals surface area contributed by atoms with Crippen LogP contribution in [0.25, 0.3) is 0 Å². The minimum absolute atomic E-state index is 0.0572. The summed E-state index contributed by atoms with van der Waals surface area (Å²) in [5.74, 6) is -0.427. The van der Waals surface area contributed by atoms with Crippen LogP contribution in [0.3, 0.4) is 0 Å². The number of benzene rings is 2. The fourth-order valence-corrected chi connectivity index (χ4v) is 3.68. The van der Waals surface area contributed by atoms with Crippen molar-refractivity contribution in [2.75, 3.05) is 5.32 Å². The predicted molar refractivity (Wildman–Crippen MR) is 105 cm³/mol. The highest BCUT2D eigenvalue weighted by Crippen LogP contribution is 2.15. The molecule has 2 N–H and O–H groups in total. The van der Waals surface area contributed by atoms with E-state index in [1.54, 1.807) is 0 Å². The minimum atomic E-state index is -3.80. The average molecular weight is 395 g/mol. The van der Waals surface area contributed by atoms with E-state index in [0.717, 1.165) is 19.3 Å². The lowest BCUT2D eigenvalue weighted by atomic mass is 10.1. The van der Waals surface area contributed by atoms with Gasteiger partial charge in [-0.05, 0) is 61.7 Å². The van der Waals surface area contributed by atoms with Gasteiger partial charge >= 0.3 is 0 Å². The number of aryl methyl sites for hydroxylation is 1. The molecule has 0 aromatic heterocycles. The van der Waals surface area contributed by atoms with Gasteiger partial charge in [0.15, 0.2) is 0 Å². The molecule has 0 bridgehead atoms. The number of nitrogens with one attached hydrogen (secondary N) is 2. The van der Waals surface area contributed by atoms with Crippen molar-refractivity contribution in [3.05, 3.63) is 59.1 Å². The SMILES string of the molecule is CCCCc1ccc(NC(=O)[C@@H](C)NS(=O)(=O)c2ccc(Cl)cc2)cc1. The van der Waals surface area contributed by atoms with Crippen LogP contribution in [-0.2, 0) is 21.2 Å². The zero-order chi connectivity index (χ0) is 19.2. The quantitative estimate of drug-likeness (QED) is 0.710. The molecule has 0 saturated heterocycles. The molecule has 0 fully saturated rings. The molecule has 0 unspecified atom stereocenters. The second kappa shape index (κ2) is 9.16. The highest BCUT2D eigenvalue weighted by Gasteiger charge is 2.22. The van der Waals surface area contributed by atoms with Gasteiger partial charge in [0.05, 0.1) is 10.9 Å². The van der Waals surface area contributed by atoms with Crippen LogP contribution < -0.4 is 10.0 Å². The Balaban J connectivity index is 1.97. The summed E-state index contributed by atoms with van der Waals surface area (Å²) in [6.45, 7) is 3.64. The van der Waals surface area contributed by atoms with Crippen molar-refractivity contribution >= 4 is 33.2 Å². The number of anilines is 1. The van der Waals surface area contributed by atoms with Crippen molar-refractivity contribution in [2.45, 2.75) is 44.0 Å². The molecule has 0 radical (unpaired) electrons. The molecule has 2 aromatic rings. The first-order valence-corrected chi connectivity index (χ1v) is 10.4. The van der Waals surface area contributed by atoms with Gasteiger partial charge in [0, 0.05) is 10.7 Å². The van der Waals surface area contributed by atoms with Crippen molar-refractivity contribution in [1.29, 1.82) is 0 Å². The van der Waals surface area contributed by atoms with Crippen LogP contribution in [0.5, 0.6) is 0 Å². The second-order valence-corrected chi connectivity index (χ2v) is 8.24. The van der Waals surface area contributed by atoms with Gasteiger partial charge in [0.1, 0.15) is 0 Å². The summed E-state index contributed by atoms with van der Waals surface area (Å²) in [5.41, 5.74) is 1.84. The molecule has 26 heavy (non-hydrogen) atoms. The molecular formula is C19H23ClN2O3S. The maximum absolute atomic E-state index is 12.3. The number of hydrogen-bond donors (Lipinski definition) is 2. The topological polar surface area (TPSA) is 75.3 Å². The Labute approximate surface area is 159 Å². The van der Waals surface area contributed by atoms with Gasteiger partial charge in [-0.1, -0.05) is 37.1 Å². The van der Waals surface area contributed by atoms with Crippen molar-refractivity contribution in [3.8, 4) is 0 Å². The standard InChI is InChI=1S/C19H23ClN2O3S/c1-3-4-5-15-6-10-17(11-7-15)21-19(23)14(2)22-26(24,25)18-12-8-16(20)9-13-18/h6-14,22H,3-5H2,1-2H3,(H,21,23)/t14-/m1/s1. The van der Waals surface area contributed by atoms with E-state index in [1.807, 2.05) is 24.3 Å². The molecule has 1 amide bonds. The molecule has 0 heterocycles. The largest absolute Gasteiger partial charge is 0.325 e. The van der Waals surface area contributed by atoms with E-state index in [0.29, 0.717) is 10.7 Å². The van der Waals surface area contributed by atoms with Gasteiger partial charge in [0.2, 0.25) is 15.9 Å². The Hall–Kier alpha value is -1.89. The van der Waals surface area contributed by atoms with Crippen molar-refractivity contribution < 1.29 is 13.2 Å². The van der Waals surface area contributed by atoms with Crippen molar-refractivity contribution in [1.82, 2.24) is 4.72 Å². The Bertz CT molecular complexity index is 834.